The third kappa shape index (κ3) is 2.58. The molecule has 0 aliphatic heterocycles. The van der Waals surface area contributed by atoms with Crippen LogP contribution in [0.2, 0.25) is 0 Å². The van der Waals surface area contributed by atoms with Crippen LogP contribution in [0, 0.1) is 5.92 Å². The van der Waals surface area contributed by atoms with Crippen LogP contribution in [0.1, 0.15) is 25.3 Å². The zero-order valence-electron chi connectivity index (χ0n) is 8.87. The molecule has 1 fully saturated rings. The fourth-order valence-corrected chi connectivity index (χ4v) is 2.13. The van der Waals surface area contributed by atoms with Gasteiger partial charge in [-0.05, 0) is 37.3 Å². The molecule has 0 amide bonds. The molecule has 1 nitrogen and oxygen atoms in total. The molecule has 76 valence electrons. The van der Waals surface area contributed by atoms with E-state index in [-0.39, 0.29) is 0 Å². The van der Waals surface area contributed by atoms with E-state index in [1.54, 1.807) is 0 Å². The van der Waals surface area contributed by atoms with Crippen molar-refractivity contribution in [2.75, 3.05) is 6.54 Å². The van der Waals surface area contributed by atoms with Crippen molar-refractivity contribution >= 4 is 0 Å². The summed E-state index contributed by atoms with van der Waals surface area (Å²) in [5.74, 6) is 0.948. The van der Waals surface area contributed by atoms with Crippen LogP contribution < -0.4 is 5.32 Å². The monoisotopic (exact) mass is 189 g/mol. The molecule has 0 radical (unpaired) electrons. The van der Waals surface area contributed by atoms with Crippen LogP contribution in [-0.4, -0.2) is 12.6 Å². The van der Waals surface area contributed by atoms with Gasteiger partial charge in [0, 0.05) is 6.04 Å². The fraction of sp³-hybridized carbons (Fsp3) is 0.538. The van der Waals surface area contributed by atoms with Gasteiger partial charge in [0.25, 0.3) is 0 Å². The van der Waals surface area contributed by atoms with Gasteiger partial charge >= 0.3 is 0 Å². The summed E-state index contributed by atoms with van der Waals surface area (Å²) in [4.78, 5) is 0. The van der Waals surface area contributed by atoms with Crippen LogP contribution in [0.3, 0.4) is 0 Å². The molecule has 1 saturated carbocycles. The van der Waals surface area contributed by atoms with Gasteiger partial charge in [-0.3, -0.25) is 0 Å². The second-order valence-corrected chi connectivity index (χ2v) is 4.46. The van der Waals surface area contributed by atoms with E-state index >= 15 is 0 Å². The predicted octanol–water partition coefficient (Wildman–Crippen LogP) is 2.62. The van der Waals surface area contributed by atoms with Gasteiger partial charge in [-0.15, -0.1) is 0 Å². The van der Waals surface area contributed by atoms with E-state index in [0.717, 1.165) is 24.9 Å². The lowest BCUT2D eigenvalue weighted by molar-refractivity contribution is 0.243. The molecule has 0 bridgehead atoms. The average molecular weight is 189 g/mol. The van der Waals surface area contributed by atoms with Gasteiger partial charge < -0.3 is 5.32 Å². The van der Waals surface area contributed by atoms with Gasteiger partial charge in [0.05, 0.1) is 0 Å². The molecule has 1 heteroatoms. The first-order valence-corrected chi connectivity index (χ1v) is 5.62. The van der Waals surface area contributed by atoms with Gasteiger partial charge in [-0.25, -0.2) is 0 Å². The Morgan fingerprint density at radius 3 is 2.57 bits per heavy atom. The Bertz CT molecular complexity index is 262. The average Bonchev–Trinajstić information content (AvgIpc) is 2.17. The third-order valence-electron chi connectivity index (χ3n) is 3.06. The SMILES string of the molecule is CC1CC(NCCc2ccccc2)C1. The zero-order chi connectivity index (χ0) is 9.80. The summed E-state index contributed by atoms with van der Waals surface area (Å²) in [6.07, 6.45) is 3.90. The second-order valence-electron chi connectivity index (χ2n) is 4.46. The zero-order valence-corrected chi connectivity index (χ0v) is 8.87. The maximum atomic E-state index is 3.60. The molecular formula is C13H19N. The normalized spacial score (nSPS) is 25.8. The van der Waals surface area contributed by atoms with E-state index in [9.17, 15) is 0 Å². The molecule has 0 atom stereocenters. The molecule has 0 heterocycles. The van der Waals surface area contributed by atoms with Crippen LogP contribution in [0.4, 0.5) is 0 Å². The first kappa shape index (κ1) is 9.72. The summed E-state index contributed by atoms with van der Waals surface area (Å²) < 4.78 is 0. The lowest BCUT2D eigenvalue weighted by Crippen LogP contribution is -2.40. The molecule has 14 heavy (non-hydrogen) atoms. The summed E-state index contributed by atoms with van der Waals surface area (Å²) in [6, 6.07) is 11.5. The van der Waals surface area contributed by atoms with Gasteiger partial charge in [0.15, 0.2) is 0 Å². The lowest BCUT2D eigenvalue weighted by Gasteiger charge is -2.33. The molecule has 1 aliphatic carbocycles. The molecule has 1 aliphatic rings. The van der Waals surface area contributed by atoms with Crippen molar-refractivity contribution in [2.24, 2.45) is 5.92 Å². The van der Waals surface area contributed by atoms with Gasteiger partial charge in [-0.2, -0.15) is 0 Å². The Morgan fingerprint density at radius 2 is 1.93 bits per heavy atom. The topological polar surface area (TPSA) is 12.0 Å². The van der Waals surface area contributed by atoms with E-state index < -0.39 is 0 Å². The van der Waals surface area contributed by atoms with Crippen LogP contribution in [-0.2, 0) is 6.42 Å². The van der Waals surface area contributed by atoms with E-state index in [1.165, 1.54) is 18.4 Å². The van der Waals surface area contributed by atoms with E-state index in [2.05, 4.69) is 42.6 Å². The highest BCUT2D eigenvalue weighted by Gasteiger charge is 2.23. The molecule has 0 spiro atoms. The standard InChI is InChI=1S/C13H19N/c1-11-9-13(10-11)14-8-7-12-5-3-2-4-6-12/h2-6,11,13-14H,7-10H2,1H3. The van der Waals surface area contributed by atoms with Crippen LogP contribution in [0.15, 0.2) is 30.3 Å². The molecule has 1 N–H and O–H groups in total. The molecule has 2 rings (SSSR count). The highest BCUT2D eigenvalue weighted by Crippen LogP contribution is 2.25. The fourth-order valence-electron chi connectivity index (χ4n) is 2.13. The number of benzene rings is 1. The third-order valence-corrected chi connectivity index (χ3v) is 3.06. The molecule has 1 aromatic carbocycles. The van der Waals surface area contributed by atoms with Gasteiger partial charge in [0.1, 0.15) is 0 Å². The number of rotatable bonds is 4. The summed E-state index contributed by atoms with van der Waals surface area (Å²) in [6.45, 7) is 3.46. The lowest BCUT2D eigenvalue weighted by atomic mass is 9.82. The number of nitrogens with one attached hydrogen (secondary N) is 1. The van der Waals surface area contributed by atoms with Gasteiger partial charge in [-0.1, -0.05) is 37.3 Å². The summed E-state index contributed by atoms with van der Waals surface area (Å²) in [5.41, 5.74) is 1.44. The minimum atomic E-state index is 0.800. The van der Waals surface area contributed by atoms with Crippen LogP contribution in [0.5, 0.6) is 0 Å². The minimum Gasteiger partial charge on any atom is -0.314 e. The van der Waals surface area contributed by atoms with Crippen molar-refractivity contribution in [1.82, 2.24) is 5.32 Å². The van der Waals surface area contributed by atoms with Gasteiger partial charge in [0.2, 0.25) is 0 Å². The van der Waals surface area contributed by atoms with Crippen molar-refractivity contribution in [1.29, 1.82) is 0 Å². The van der Waals surface area contributed by atoms with Crippen molar-refractivity contribution in [3.63, 3.8) is 0 Å². The molecule has 1 aromatic rings. The van der Waals surface area contributed by atoms with Crippen molar-refractivity contribution < 1.29 is 0 Å². The highest BCUT2D eigenvalue weighted by molar-refractivity contribution is 5.14. The Balaban J connectivity index is 1.64. The predicted molar refractivity (Wildman–Crippen MR) is 60.3 cm³/mol. The molecule has 0 unspecified atom stereocenters. The Kier molecular flexibility index (Phi) is 3.20. The largest absolute Gasteiger partial charge is 0.314 e. The quantitative estimate of drug-likeness (QED) is 0.767. The second kappa shape index (κ2) is 4.61. The molecular weight excluding hydrogens is 170 g/mol. The number of hydrogen-bond donors (Lipinski definition) is 1. The molecule has 0 saturated heterocycles. The maximum absolute atomic E-state index is 3.60. The highest BCUT2D eigenvalue weighted by atomic mass is 14.9. The van der Waals surface area contributed by atoms with Crippen LogP contribution in [0.25, 0.3) is 0 Å². The van der Waals surface area contributed by atoms with Crippen molar-refractivity contribution in [3.05, 3.63) is 35.9 Å². The maximum Gasteiger partial charge on any atom is 0.00722 e. The Labute approximate surface area is 86.5 Å². The summed E-state index contributed by atoms with van der Waals surface area (Å²) >= 11 is 0. The summed E-state index contributed by atoms with van der Waals surface area (Å²) in [7, 11) is 0. The number of hydrogen-bond acceptors (Lipinski definition) is 1. The Hall–Kier alpha value is -0.820. The summed E-state index contributed by atoms with van der Waals surface area (Å²) in [5, 5.41) is 3.60. The first-order chi connectivity index (χ1) is 6.84. The van der Waals surface area contributed by atoms with E-state index in [4.69, 9.17) is 0 Å². The Morgan fingerprint density at radius 1 is 1.21 bits per heavy atom. The van der Waals surface area contributed by atoms with Crippen LogP contribution >= 0.6 is 0 Å². The van der Waals surface area contributed by atoms with E-state index in [1.807, 2.05) is 0 Å². The van der Waals surface area contributed by atoms with Crippen molar-refractivity contribution in [3.8, 4) is 0 Å². The minimum absolute atomic E-state index is 0.800. The molecule has 0 aromatic heterocycles. The van der Waals surface area contributed by atoms with E-state index in [0.29, 0.717) is 0 Å². The van der Waals surface area contributed by atoms with Crippen molar-refractivity contribution in [2.45, 2.75) is 32.2 Å². The first-order valence-electron chi connectivity index (χ1n) is 5.62. The smallest absolute Gasteiger partial charge is 0.00722 e.